The van der Waals surface area contributed by atoms with Crippen LogP contribution in [-0.4, -0.2) is 43.0 Å². The lowest BCUT2D eigenvalue weighted by Crippen LogP contribution is -2.46. The molecule has 5 nitrogen and oxygen atoms in total. The van der Waals surface area contributed by atoms with Crippen molar-refractivity contribution in [1.82, 2.24) is 10.2 Å². The van der Waals surface area contributed by atoms with Crippen LogP contribution in [-0.2, 0) is 17.9 Å². The van der Waals surface area contributed by atoms with Gasteiger partial charge in [-0.3, -0.25) is 9.69 Å². The van der Waals surface area contributed by atoms with Crippen molar-refractivity contribution in [3.8, 4) is 0 Å². The molecule has 1 aliphatic heterocycles. The smallest absolute Gasteiger partial charge is 0.237 e. The summed E-state index contributed by atoms with van der Waals surface area (Å²) in [6.07, 6.45) is 0.903. The zero-order valence-electron chi connectivity index (χ0n) is 18.1. The van der Waals surface area contributed by atoms with E-state index in [2.05, 4.69) is 70.6 Å². The summed E-state index contributed by atoms with van der Waals surface area (Å²) in [6, 6.07) is 18.5. The Morgan fingerprint density at radius 2 is 1.60 bits per heavy atom. The van der Waals surface area contributed by atoms with Crippen molar-refractivity contribution in [2.75, 3.05) is 31.1 Å². The minimum absolute atomic E-state index is 0. The van der Waals surface area contributed by atoms with Gasteiger partial charge in [-0.25, -0.2) is 0 Å². The third kappa shape index (κ3) is 6.46. The summed E-state index contributed by atoms with van der Waals surface area (Å²) in [5.41, 5.74) is 9.80. The topological polar surface area (TPSA) is 61.6 Å². The minimum Gasteiger partial charge on any atom is -0.369 e. The van der Waals surface area contributed by atoms with Gasteiger partial charge >= 0.3 is 0 Å². The second-order valence-corrected chi connectivity index (χ2v) is 8.00. The van der Waals surface area contributed by atoms with Gasteiger partial charge in [0.25, 0.3) is 0 Å². The number of nitrogens with one attached hydrogen (secondary N) is 1. The number of piperazine rings is 1. The van der Waals surface area contributed by atoms with E-state index in [-0.39, 0.29) is 24.2 Å². The van der Waals surface area contributed by atoms with Crippen molar-refractivity contribution in [3.05, 3.63) is 65.7 Å². The zero-order valence-corrected chi connectivity index (χ0v) is 18.9. The summed E-state index contributed by atoms with van der Waals surface area (Å²) in [5, 5.41) is 3.03. The number of rotatable bonds is 8. The van der Waals surface area contributed by atoms with E-state index in [0.29, 0.717) is 6.54 Å². The van der Waals surface area contributed by atoms with Crippen molar-refractivity contribution in [2.45, 2.75) is 39.4 Å². The van der Waals surface area contributed by atoms with E-state index in [1.807, 2.05) is 13.0 Å². The van der Waals surface area contributed by atoms with Crippen molar-refractivity contribution >= 4 is 24.0 Å². The quantitative estimate of drug-likeness (QED) is 0.673. The van der Waals surface area contributed by atoms with Gasteiger partial charge in [-0.1, -0.05) is 62.7 Å². The number of anilines is 1. The van der Waals surface area contributed by atoms with Crippen LogP contribution in [0.25, 0.3) is 0 Å². The van der Waals surface area contributed by atoms with Crippen molar-refractivity contribution < 1.29 is 4.79 Å². The van der Waals surface area contributed by atoms with Crippen LogP contribution < -0.4 is 16.0 Å². The average molecular weight is 431 g/mol. The summed E-state index contributed by atoms with van der Waals surface area (Å²) >= 11 is 0. The van der Waals surface area contributed by atoms with E-state index in [1.54, 1.807) is 0 Å². The van der Waals surface area contributed by atoms with E-state index in [9.17, 15) is 4.79 Å². The first-order valence-corrected chi connectivity index (χ1v) is 10.7. The van der Waals surface area contributed by atoms with Crippen LogP contribution in [0, 0.1) is 5.92 Å². The molecule has 1 fully saturated rings. The summed E-state index contributed by atoms with van der Waals surface area (Å²) < 4.78 is 0. The Hall–Kier alpha value is -2.08. The monoisotopic (exact) mass is 430 g/mol. The molecule has 0 saturated carbocycles. The fourth-order valence-corrected chi connectivity index (χ4v) is 3.74. The predicted octanol–water partition coefficient (Wildman–Crippen LogP) is 3.42. The van der Waals surface area contributed by atoms with E-state index in [4.69, 9.17) is 5.73 Å². The van der Waals surface area contributed by atoms with Crippen LogP contribution in [0.4, 0.5) is 5.69 Å². The fourth-order valence-electron chi connectivity index (χ4n) is 3.74. The number of carbonyl (C=O) groups excluding carboxylic acids is 1. The maximum absolute atomic E-state index is 12.3. The van der Waals surface area contributed by atoms with Gasteiger partial charge in [0.15, 0.2) is 0 Å². The molecule has 0 aromatic heterocycles. The summed E-state index contributed by atoms with van der Waals surface area (Å²) in [7, 11) is 0. The van der Waals surface area contributed by atoms with Crippen molar-refractivity contribution in [3.63, 3.8) is 0 Å². The number of carbonyl (C=O) groups is 1. The lowest BCUT2D eigenvalue weighted by molar-refractivity contribution is -0.123. The van der Waals surface area contributed by atoms with Crippen LogP contribution in [0.2, 0.25) is 0 Å². The largest absolute Gasteiger partial charge is 0.369 e. The van der Waals surface area contributed by atoms with Crippen LogP contribution in [0.15, 0.2) is 54.6 Å². The number of benzene rings is 2. The number of hydrogen-bond acceptors (Lipinski definition) is 4. The number of hydrogen-bond donors (Lipinski definition) is 2. The SMILES string of the molecule is CCC(C)C(N)C(=O)NCc1ccccc1CN1CCN(c2ccccc2)CC1.Cl. The average Bonchev–Trinajstić information content (AvgIpc) is 2.78. The van der Waals surface area contributed by atoms with E-state index in [1.165, 1.54) is 16.8 Å². The highest BCUT2D eigenvalue weighted by atomic mass is 35.5. The summed E-state index contributed by atoms with van der Waals surface area (Å²) in [5.74, 6) is 0.122. The molecule has 3 rings (SSSR count). The second kappa shape index (κ2) is 11.9. The van der Waals surface area contributed by atoms with Crippen LogP contribution >= 0.6 is 12.4 Å². The third-order valence-corrected chi connectivity index (χ3v) is 6.02. The highest BCUT2D eigenvalue weighted by Crippen LogP contribution is 2.18. The zero-order chi connectivity index (χ0) is 20.6. The molecule has 2 atom stereocenters. The normalized spacial score (nSPS) is 16.4. The highest BCUT2D eigenvalue weighted by molar-refractivity contribution is 5.85. The van der Waals surface area contributed by atoms with Crippen LogP contribution in [0.1, 0.15) is 31.4 Å². The molecule has 1 aliphatic rings. The highest BCUT2D eigenvalue weighted by Gasteiger charge is 2.20. The summed E-state index contributed by atoms with van der Waals surface area (Å²) in [4.78, 5) is 17.3. The van der Waals surface area contributed by atoms with E-state index in [0.717, 1.165) is 39.1 Å². The van der Waals surface area contributed by atoms with Gasteiger partial charge in [-0.05, 0) is 29.2 Å². The van der Waals surface area contributed by atoms with Gasteiger partial charge in [0.05, 0.1) is 6.04 Å². The molecule has 2 aromatic carbocycles. The molecule has 1 amide bonds. The van der Waals surface area contributed by atoms with Gasteiger partial charge in [0.2, 0.25) is 5.91 Å². The fraction of sp³-hybridized carbons (Fsp3) is 0.458. The molecule has 0 bridgehead atoms. The predicted molar refractivity (Wildman–Crippen MR) is 127 cm³/mol. The van der Waals surface area contributed by atoms with E-state index < -0.39 is 6.04 Å². The lowest BCUT2D eigenvalue weighted by Gasteiger charge is -2.36. The maximum atomic E-state index is 12.3. The number of nitrogens with zero attached hydrogens (tertiary/aromatic N) is 2. The minimum atomic E-state index is -0.446. The Morgan fingerprint density at radius 3 is 2.23 bits per heavy atom. The van der Waals surface area contributed by atoms with Gasteiger partial charge in [-0.15, -0.1) is 12.4 Å². The lowest BCUT2D eigenvalue weighted by atomic mass is 9.99. The first kappa shape index (κ1) is 24.2. The second-order valence-electron chi connectivity index (χ2n) is 8.00. The summed E-state index contributed by atoms with van der Waals surface area (Å²) in [6.45, 7) is 9.66. The Kier molecular flexibility index (Phi) is 9.63. The molecule has 3 N–H and O–H groups in total. The van der Waals surface area contributed by atoms with Crippen LogP contribution in [0.3, 0.4) is 0 Å². The molecule has 0 radical (unpaired) electrons. The molecular weight excluding hydrogens is 396 g/mol. The van der Waals surface area contributed by atoms with Gasteiger partial charge < -0.3 is 16.0 Å². The van der Waals surface area contributed by atoms with Crippen molar-refractivity contribution in [2.24, 2.45) is 11.7 Å². The maximum Gasteiger partial charge on any atom is 0.237 e. The molecule has 1 saturated heterocycles. The number of para-hydroxylation sites is 1. The molecule has 2 aromatic rings. The number of halogens is 1. The first-order valence-electron chi connectivity index (χ1n) is 10.7. The molecule has 164 valence electrons. The molecule has 0 spiro atoms. The van der Waals surface area contributed by atoms with Gasteiger partial charge in [-0.2, -0.15) is 0 Å². The number of amides is 1. The Morgan fingerprint density at radius 1 is 1.00 bits per heavy atom. The van der Waals surface area contributed by atoms with E-state index >= 15 is 0 Å². The molecule has 0 aliphatic carbocycles. The van der Waals surface area contributed by atoms with Crippen molar-refractivity contribution in [1.29, 1.82) is 0 Å². The number of nitrogens with two attached hydrogens (primary N) is 1. The standard InChI is InChI=1S/C24H34N4O.ClH/c1-3-19(2)23(25)24(29)26-17-20-9-7-8-10-21(20)18-27-13-15-28(16-14-27)22-11-5-4-6-12-22;/h4-12,19,23H,3,13-18,25H2,1-2H3,(H,26,29);1H. The Bertz CT molecular complexity index is 778. The molecular formula is C24H35ClN4O. The van der Waals surface area contributed by atoms with Crippen LogP contribution in [0.5, 0.6) is 0 Å². The van der Waals surface area contributed by atoms with Gasteiger partial charge in [0, 0.05) is 45.0 Å². The molecule has 2 unspecified atom stereocenters. The Labute approximate surface area is 187 Å². The third-order valence-electron chi connectivity index (χ3n) is 6.02. The molecule has 1 heterocycles. The molecule has 30 heavy (non-hydrogen) atoms. The Balaban J connectivity index is 0.00000320. The van der Waals surface area contributed by atoms with Gasteiger partial charge in [0.1, 0.15) is 0 Å². The first-order chi connectivity index (χ1) is 14.1. The molecule has 6 heteroatoms.